The smallest absolute Gasteiger partial charge is 0.227 e. The number of carbonyl (C=O) groups excluding carboxylic acids is 1. The fraction of sp³-hybridized carbons (Fsp3) is 0.611. The van der Waals surface area contributed by atoms with Gasteiger partial charge in [-0.05, 0) is 49.8 Å². The summed E-state index contributed by atoms with van der Waals surface area (Å²) in [6.07, 6.45) is 7.24. The minimum absolute atomic E-state index is 0.260. The van der Waals surface area contributed by atoms with Crippen LogP contribution in [0.1, 0.15) is 51.0 Å². The molecule has 1 aromatic carbocycles. The third-order valence-electron chi connectivity index (χ3n) is 5.06. The van der Waals surface area contributed by atoms with Crippen molar-refractivity contribution in [3.8, 4) is 0 Å². The van der Waals surface area contributed by atoms with Crippen molar-refractivity contribution in [3.05, 3.63) is 29.8 Å². The second-order valence-electron chi connectivity index (χ2n) is 6.53. The van der Waals surface area contributed by atoms with Gasteiger partial charge in [-0.3, -0.25) is 4.79 Å². The van der Waals surface area contributed by atoms with Crippen molar-refractivity contribution in [1.82, 2.24) is 5.32 Å². The molecule has 0 spiro atoms. The Labute approximate surface area is 127 Å². The molecule has 21 heavy (non-hydrogen) atoms. The molecule has 0 bridgehead atoms. The maximum absolute atomic E-state index is 11.7. The number of hydrogen-bond donors (Lipinski definition) is 1. The van der Waals surface area contributed by atoms with E-state index >= 15 is 0 Å². The second-order valence-corrected chi connectivity index (χ2v) is 6.53. The Morgan fingerprint density at radius 2 is 1.90 bits per heavy atom. The van der Waals surface area contributed by atoms with E-state index in [0.717, 1.165) is 31.1 Å². The van der Waals surface area contributed by atoms with Crippen LogP contribution in [-0.2, 0) is 11.3 Å². The summed E-state index contributed by atoms with van der Waals surface area (Å²) >= 11 is 0. The summed E-state index contributed by atoms with van der Waals surface area (Å²) < 4.78 is 0. The summed E-state index contributed by atoms with van der Waals surface area (Å²) in [6.45, 7) is 4.11. The maximum atomic E-state index is 11.7. The molecule has 1 unspecified atom stereocenters. The van der Waals surface area contributed by atoms with Crippen LogP contribution in [-0.4, -0.2) is 18.5 Å². The lowest BCUT2D eigenvalue weighted by atomic mass is 9.99. The van der Waals surface area contributed by atoms with Crippen molar-refractivity contribution < 1.29 is 4.79 Å². The summed E-state index contributed by atoms with van der Waals surface area (Å²) in [4.78, 5) is 13.6. The lowest BCUT2D eigenvalue weighted by Gasteiger charge is -2.21. The largest absolute Gasteiger partial charge is 0.312 e. The molecule has 3 heteroatoms. The van der Waals surface area contributed by atoms with Crippen molar-refractivity contribution in [3.63, 3.8) is 0 Å². The van der Waals surface area contributed by atoms with Gasteiger partial charge >= 0.3 is 0 Å². The number of hydrogen-bond acceptors (Lipinski definition) is 2. The highest BCUT2D eigenvalue weighted by atomic mass is 16.2. The fourth-order valence-electron chi connectivity index (χ4n) is 3.62. The molecule has 3 rings (SSSR count). The predicted octanol–water partition coefficient (Wildman–Crippen LogP) is 3.48. The number of carbonyl (C=O) groups is 1. The van der Waals surface area contributed by atoms with E-state index in [1.165, 1.54) is 31.2 Å². The molecule has 114 valence electrons. The second kappa shape index (κ2) is 6.61. The average molecular weight is 286 g/mol. The van der Waals surface area contributed by atoms with E-state index in [2.05, 4.69) is 36.5 Å². The number of rotatable bonds is 5. The number of nitrogens with one attached hydrogen (secondary N) is 1. The first kappa shape index (κ1) is 14.6. The molecule has 1 saturated heterocycles. The molecule has 1 N–H and O–H groups in total. The van der Waals surface area contributed by atoms with Crippen molar-refractivity contribution >= 4 is 11.6 Å². The van der Waals surface area contributed by atoms with Crippen LogP contribution in [0.15, 0.2) is 24.3 Å². The highest BCUT2D eigenvalue weighted by molar-refractivity contribution is 5.95. The summed E-state index contributed by atoms with van der Waals surface area (Å²) in [6, 6.07) is 9.07. The van der Waals surface area contributed by atoms with Crippen molar-refractivity contribution in [1.29, 1.82) is 0 Å². The molecule has 1 heterocycles. The van der Waals surface area contributed by atoms with Crippen LogP contribution >= 0.6 is 0 Å². The van der Waals surface area contributed by atoms with Gasteiger partial charge in [-0.15, -0.1) is 0 Å². The first-order valence-corrected chi connectivity index (χ1v) is 8.37. The van der Waals surface area contributed by atoms with Crippen molar-refractivity contribution in [2.24, 2.45) is 5.92 Å². The van der Waals surface area contributed by atoms with E-state index in [1.54, 1.807) is 0 Å². The Morgan fingerprint density at radius 3 is 2.52 bits per heavy atom. The number of benzene rings is 1. The Hall–Kier alpha value is -1.35. The van der Waals surface area contributed by atoms with Crippen LogP contribution < -0.4 is 10.2 Å². The number of amides is 1. The van der Waals surface area contributed by atoms with E-state index in [9.17, 15) is 4.79 Å². The molecule has 0 aromatic heterocycles. The summed E-state index contributed by atoms with van der Waals surface area (Å²) in [5.74, 6) is 1.11. The van der Waals surface area contributed by atoms with Gasteiger partial charge in [0.25, 0.3) is 0 Å². The molecule has 0 radical (unpaired) electrons. The van der Waals surface area contributed by atoms with Crippen LogP contribution in [0.25, 0.3) is 0 Å². The van der Waals surface area contributed by atoms with Crippen LogP contribution in [0.3, 0.4) is 0 Å². The zero-order valence-corrected chi connectivity index (χ0v) is 13.0. The van der Waals surface area contributed by atoms with Gasteiger partial charge in [-0.1, -0.05) is 25.0 Å². The van der Waals surface area contributed by atoms with Crippen LogP contribution in [0.4, 0.5) is 5.69 Å². The molecule has 1 aliphatic heterocycles. The minimum atomic E-state index is 0.260. The molecule has 1 amide bonds. The average Bonchev–Trinajstić information content (AvgIpc) is 3.17. The van der Waals surface area contributed by atoms with Gasteiger partial charge in [0.15, 0.2) is 0 Å². The summed E-state index contributed by atoms with van der Waals surface area (Å²) in [5, 5.41) is 3.66. The Balaban J connectivity index is 1.53. The van der Waals surface area contributed by atoms with Crippen molar-refractivity contribution in [2.45, 2.75) is 58.0 Å². The molecule has 1 aromatic rings. The number of nitrogens with zero attached hydrogens (tertiary/aromatic N) is 1. The van der Waals surface area contributed by atoms with Crippen LogP contribution in [0, 0.1) is 5.92 Å². The highest BCUT2D eigenvalue weighted by Gasteiger charge is 2.22. The fourth-order valence-corrected chi connectivity index (χ4v) is 3.62. The van der Waals surface area contributed by atoms with Gasteiger partial charge in [0.05, 0.1) is 0 Å². The quantitative estimate of drug-likeness (QED) is 0.898. The third kappa shape index (κ3) is 3.46. The van der Waals surface area contributed by atoms with Gasteiger partial charge in [0, 0.05) is 31.2 Å². The maximum Gasteiger partial charge on any atom is 0.227 e. The standard InChI is InChI=1S/C18H26N2O/c1-14(16-5-2-3-6-16)19-13-15-8-10-17(11-9-15)20-12-4-7-18(20)21/h8-11,14,16,19H,2-7,12-13H2,1H3. The first-order valence-electron chi connectivity index (χ1n) is 8.37. The van der Waals surface area contributed by atoms with Crippen LogP contribution in [0.5, 0.6) is 0 Å². The molecule has 3 nitrogen and oxygen atoms in total. The third-order valence-corrected chi connectivity index (χ3v) is 5.06. The molecular formula is C18H26N2O. The Kier molecular flexibility index (Phi) is 4.59. The van der Waals surface area contributed by atoms with Gasteiger partial charge in [0.2, 0.25) is 5.91 Å². The molecule has 1 saturated carbocycles. The highest BCUT2D eigenvalue weighted by Crippen LogP contribution is 2.27. The normalized spacial score (nSPS) is 21.2. The minimum Gasteiger partial charge on any atom is -0.312 e. The monoisotopic (exact) mass is 286 g/mol. The Morgan fingerprint density at radius 1 is 1.19 bits per heavy atom. The van der Waals surface area contributed by atoms with E-state index in [0.29, 0.717) is 12.5 Å². The molecule has 1 aliphatic carbocycles. The number of anilines is 1. The van der Waals surface area contributed by atoms with Crippen molar-refractivity contribution in [2.75, 3.05) is 11.4 Å². The predicted molar refractivity (Wildman–Crippen MR) is 86.3 cm³/mol. The zero-order valence-electron chi connectivity index (χ0n) is 13.0. The molecular weight excluding hydrogens is 260 g/mol. The topological polar surface area (TPSA) is 32.3 Å². The first-order chi connectivity index (χ1) is 10.2. The molecule has 2 fully saturated rings. The summed E-state index contributed by atoms with van der Waals surface area (Å²) in [7, 11) is 0. The van der Waals surface area contributed by atoms with E-state index < -0.39 is 0 Å². The van der Waals surface area contributed by atoms with E-state index in [4.69, 9.17) is 0 Å². The molecule has 2 aliphatic rings. The lowest BCUT2D eigenvalue weighted by Crippen LogP contribution is -2.31. The lowest BCUT2D eigenvalue weighted by molar-refractivity contribution is -0.117. The zero-order chi connectivity index (χ0) is 14.7. The van der Waals surface area contributed by atoms with Gasteiger partial charge in [-0.2, -0.15) is 0 Å². The SMILES string of the molecule is CC(NCc1ccc(N2CCCC2=O)cc1)C1CCCC1. The van der Waals surface area contributed by atoms with Gasteiger partial charge < -0.3 is 10.2 Å². The van der Waals surface area contributed by atoms with Gasteiger partial charge in [-0.25, -0.2) is 0 Å². The van der Waals surface area contributed by atoms with Crippen LogP contribution in [0.2, 0.25) is 0 Å². The Bertz CT molecular complexity index is 476. The van der Waals surface area contributed by atoms with Gasteiger partial charge in [0.1, 0.15) is 0 Å². The van der Waals surface area contributed by atoms with E-state index in [-0.39, 0.29) is 5.91 Å². The van der Waals surface area contributed by atoms with E-state index in [1.807, 2.05) is 4.90 Å². The summed E-state index contributed by atoms with van der Waals surface area (Å²) in [5.41, 5.74) is 2.35. The molecule has 1 atom stereocenters.